The number of sulfonamides is 1. The molecule has 1 heterocycles. The molecule has 25 heavy (non-hydrogen) atoms. The minimum atomic E-state index is -3.58. The zero-order chi connectivity index (χ0) is 17.9. The highest BCUT2D eigenvalue weighted by molar-refractivity contribution is 7.89. The number of aromatic nitrogens is 2. The third-order valence-electron chi connectivity index (χ3n) is 3.84. The molecule has 0 spiro atoms. The van der Waals surface area contributed by atoms with E-state index in [1.54, 1.807) is 31.6 Å². The molecule has 1 aromatic heterocycles. The molecule has 3 aromatic rings. The predicted octanol–water partition coefficient (Wildman–Crippen LogP) is 3.37. The first-order chi connectivity index (χ1) is 11.9. The largest absolute Gasteiger partial charge is 0.333 e. The van der Waals surface area contributed by atoms with Crippen LogP contribution in [0.5, 0.6) is 0 Å². The lowest BCUT2D eigenvalue weighted by atomic mass is 10.1. The highest BCUT2D eigenvalue weighted by atomic mass is 35.5. The quantitative estimate of drug-likeness (QED) is 0.718. The van der Waals surface area contributed by atoms with Gasteiger partial charge in [-0.15, -0.1) is 0 Å². The second-order valence-corrected chi connectivity index (χ2v) is 7.96. The number of nitrogens with one attached hydrogen (secondary N) is 1. The topological polar surface area (TPSA) is 64.0 Å². The number of imidazole rings is 1. The van der Waals surface area contributed by atoms with Crippen molar-refractivity contribution in [2.75, 3.05) is 0 Å². The number of nitrogens with zero attached hydrogens (tertiary/aromatic N) is 2. The Hall–Kier alpha value is -2.15. The van der Waals surface area contributed by atoms with Crippen LogP contribution in [-0.4, -0.2) is 18.0 Å². The van der Waals surface area contributed by atoms with Crippen LogP contribution in [0.4, 0.5) is 0 Å². The Morgan fingerprint density at radius 3 is 2.48 bits per heavy atom. The summed E-state index contributed by atoms with van der Waals surface area (Å²) in [4.78, 5) is 4.26. The fourth-order valence-corrected chi connectivity index (χ4v) is 3.99. The van der Waals surface area contributed by atoms with E-state index >= 15 is 0 Å². The molecule has 0 aliphatic carbocycles. The van der Waals surface area contributed by atoms with Crippen LogP contribution in [0.3, 0.4) is 0 Å². The van der Waals surface area contributed by atoms with Crippen LogP contribution in [0.25, 0.3) is 0 Å². The van der Waals surface area contributed by atoms with Crippen molar-refractivity contribution >= 4 is 21.6 Å². The summed E-state index contributed by atoms with van der Waals surface area (Å²) in [5, 5.41) is 0.518. The first-order valence-corrected chi connectivity index (χ1v) is 9.59. The number of rotatable bonds is 6. The standard InChI is InChI=1S/C18H18ClN3O2S/c1-14-10-17(19)6-7-18(14)25(23,24)21-11-15-2-4-16(5-3-15)12-22-9-8-20-13-22/h2-10,13,21H,11-12H2,1H3. The van der Waals surface area contributed by atoms with Crippen molar-refractivity contribution in [2.45, 2.75) is 24.9 Å². The van der Waals surface area contributed by atoms with Gasteiger partial charge in [0.25, 0.3) is 0 Å². The second-order valence-electron chi connectivity index (χ2n) is 5.79. The van der Waals surface area contributed by atoms with Gasteiger partial charge >= 0.3 is 0 Å². The molecule has 0 aliphatic heterocycles. The lowest BCUT2D eigenvalue weighted by Crippen LogP contribution is -2.24. The van der Waals surface area contributed by atoms with E-state index < -0.39 is 10.0 Å². The summed E-state index contributed by atoms with van der Waals surface area (Å²) in [6, 6.07) is 12.5. The summed E-state index contributed by atoms with van der Waals surface area (Å²) in [6.45, 7) is 2.69. The van der Waals surface area contributed by atoms with E-state index in [1.165, 1.54) is 6.07 Å². The molecule has 5 nitrogen and oxygen atoms in total. The average Bonchev–Trinajstić information content (AvgIpc) is 3.07. The van der Waals surface area contributed by atoms with Crippen molar-refractivity contribution in [3.05, 3.63) is 82.9 Å². The summed E-state index contributed by atoms with van der Waals surface area (Å²) < 4.78 is 29.5. The zero-order valence-corrected chi connectivity index (χ0v) is 15.3. The van der Waals surface area contributed by atoms with Gasteiger partial charge < -0.3 is 4.57 Å². The van der Waals surface area contributed by atoms with Crippen LogP contribution in [0.1, 0.15) is 16.7 Å². The van der Waals surface area contributed by atoms with Gasteiger partial charge in [0.2, 0.25) is 10.0 Å². The van der Waals surface area contributed by atoms with Gasteiger partial charge in [0.1, 0.15) is 0 Å². The fourth-order valence-electron chi connectivity index (χ4n) is 2.52. The third kappa shape index (κ3) is 4.48. The van der Waals surface area contributed by atoms with Gasteiger partial charge in [0, 0.05) is 30.5 Å². The van der Waals surface area contributed by atoms with E-state index in [2.05, 4.69) is 9.71 Å². The maximum Gasteiger partial charge on any atom is 0.241 e. The predicted molar refractivity (Wildman–Crippen MR) is 98.0 cm³/mol. The summed E-state index contributed by atoms with van der Waals surface area (Å²) in [7, 11) is -3.58. The van der Waals surface area contributed by atoms with Crippen LogP contribution >= 0.6 is 11.6 Å². The zero-order valence-electron chi connectivity index (χ0n) is 13.7. The molecule has 0 unspecified atom stereocenters. The number of hydrogen-bond acceptors (Lipinski definition) is 3. The highest BCUT2D eigenvalue weighted by Crippen LogP contribution is 2.19. The molecule has 3 rings (SSSR count). The van der Waals surface area contributed by atoms with E-state index in [1.807, 2.05) is 35.0 Å². The molecule has 0 saturated carbocycles. The lowest BCUT2D eigenvalue weighted by Gasteiger charge is -2.10. The lowest BCUT2D eigenvalue weighted by molar-refractivity contribution is 0.580. The Bertz CT molecular complexity index is 952. The minimum absolute atomic E-state index is 0.232. The molecular formula is C18H18ClN3O2S. The number of aryl methyl sites for hydroxylation is 1. The molecular weight excluding hydrogens is 358 g/mol. The smallest absolute Gasteiger partial charge is 0.241 e. The van der Waals surface area contributed by atoms with Gasteiger partial charge in [-0.1, -0.05) is 35.9 Å². The summed E-state index contributed by atoms with van der Waals surface area (Å²) >= 11 is 5.88. The molecule has 2 aromatic carbocycles. The normalized spacial score (nSPS) is 11.6. The van der Waals surface area contributed by atoms with Crippen LogP contribution in [0.2, 0.25) is 5.02 Å². The van der Waals surface area contributed by atoms with Gasteiger partial charge in [-0.3, -0.25) is 0 Å². The van der Waals surface area contributed by atoms with Gasteiger partial charge in [-0.25, -0.2) is 18.1 Å². The van der Waals surface area contributed by atoms with Crippen LogP contribution in [0, 0.1) is 6.92 Å². The van der Waals surface area contributed by atoms with Gasteiger partial charge in [-0.2, -0.15) is 0 Å². The molecule has 0 atom stereocenters. The first kappa shape index (κ1) is 17.7. The van der Waals surface area contributed by atoms with Crippen molar-refractivity contribution in [3.63, 3.8) is 0 Å². The number of hydrogen-bond donors (Lipinski definition) is 1. The summed E-state index contributed by atoms with van der Waals surface area (Å²) in [6.07, 6.45) is 5.40. The molecule has 7 heteroatoms. The molecule has 0 fully saturated rings. The molecule has 0 bridgehead atoms. The Morgan fingerprint density at radius 2 is 1.84 bits per heavy atom. The Kier molecular flexibility index (Phi) is 5.22. The molecule has 1 N–H and O–H groups in total. The van der Waals surface area contributed by atoms with Crippen LogP contribution in [-0.2, 0) is 23.1 Å². The van der Waals surface area contributed by atoms with Gasteiger partial charge in [-0.05, 0) is 41.8 Å². The average molecular weight is 376 g/mol. The molecule has 0 amide bonds. The maximum absolute atomic E-state index is 12.5. The summed E-state index contributed by atoms with van der Waals surface area (Å²) in [5.74, 6) is 0. The SMILES string of the molecule is Cc1cc(Cl)ccc1S(=O)(=O)NCc1ccc(Cn2ccnc2)cc1. The molecule has 130 valence electrons. The van der Waals surface area contributed by atoms with Crippen molar-refractivity contribution in [3.8, 4) is 0 Å². The monoisotopic (exact) mass is 375 g/mol. The highest BCUT2D eigenvalue weighted by Gasteiger charge is 2.16. The van der Waals surface area contributed by atoms with Crippen molar-refractivity contribution in [1.29, 1.82) is 0 Å². The molecule has 0 aliphatic rings. The van der Waals surface area contributed by atoms with Crippen LogP contribution in [0.15, 0.2) is 66.1 Å². The van der Waals surface area contributed by atoms with Crippen molar-refractivity contribution < 1.29 is 8.42 Å². The second kappa shape index (κ2) is 7.39. The minimum Gasteiger partial charge on any atom is -0.333 e. The van der Waals surface area contributed by atoms with E-state index in [0.29, 0.717) is 10.6 Å². The van der Waals surface area contributed by atoms with Crippen LogP contribution < -0.4 is 4.72 Å². The third-order valence-corrected chi connectivity index (χ3v) is 5.64. The number of halogens is 1. The maximum atomic E-state index is 12.5. The fraction of sp³-hybridized carbons (Fsp3) is 0.167. The Labute approximate surface area is 152 Å². The van der Waals surface area contributed by atoms with E-state index in [0.717, 1.165) is 17.7 Å². The van der Waals surface area contributed by atoms with E-state index in [4.69, 9.17) is 11.6 Å². The number of benzene rings is 2. The Balaban J connectivity index is 1.66. The van der Waals surface area contributed by atoms with Crippen molar-refractivity contribution in [1.82, 2.24) is 14.3 Å². The van der Waals surface area contributed by atoms with E-state index in [-0.39, 0.29) is 11.4 Å². The molecule has 0 radical (unpaired) electrons. The molecule has 0 saturated heterocycles. The van der Waals surface area contributed by atoms with Crippen molar-refractivity contribution in [2.24, 2.45) is 0 Å². The van der Waals surface area contributed by atoms with E-state index in [9.17, 15) is 8.42 Å². The van der Waals surface area contributed by atoms with Gasteiger partial charge in [0.15, 0.2) is 0 Å². The van der Waals surface area contributed by atoms with Gasteiger partial charge in [0.05, 0.1) is 11.2 Å². The first-order valence-electron chi connectivity index (χ1n) is 7.73. The Morgan fingerprint density at radius 1 is 1.12 bits per heavy atom. The summed E-state index contributed by atoms with van der Waals surface area (Å²) in [5.41, 5.74) is 2.64.